The van der Waals surface area contributed by atoms with Crippen LogP contribution in [0.5, 0.6) is 0 Å². The van der Waals surface area contributed by atoms with E-state index in [1.807, 2.05) is 19.2 Å². The van der Waals surface area contributed by atoms with Crippen LogP contribution < -0.4 is 11.1 Å². The largest absolute Gasteiger partial charge is 0.437 e. The molecule has 0 aliphatic carbocycles. The second-order valence-electron chi connectivity index (χ2n) is 2.83. The molecule has 0 atom stereocenters. The number of aromatic nitrogens is 1. The lowest BCUT2D eigenvalue weighted by molar-refractivity contribution is 0.512. The van der Waals surface area contributed by atoms with Crippen LogP contribution in [0.1, 0.15) is 5.89 Å². The number of hydrogen-bond acceptors (Lipinski definition) is 4. The maximum absolute atomic E-state index is 5.71. The summed E-state index contributed by atoms with van der Waals surface area (Å²) in [6.07, 6.45) is 0. The van der Waals surface area contributed by atoms with Crippen molar-refractivity contribution in [2.24, 2.45) is 0 Å². The zero-order valence-electron chi connectivity index (χ0n) is 7.37. The zero-order valence-corrected chi connectivity index (χ0v) is 7.37. The van der Waals surface area contributed by atoms with Crippen molar-refractivity contribution in [3.63, 3.8) is 0 Å². The Morgan fingerprint density at radius 1 is 1.54 bits per heavy atom. The molecule has 1 heterocycles. The van der Waals surface area contributed by atoms with Gasteiger partial charge in [0.1, 0.15) is 5.52 Å². The van der Waals surface area contributed by atoms with Crippen molar-refractivity contribution in [3.05, 3.63) is 24.1 Å². The lowest BCUT2D eigenvalue weighted by Gasteiger charge is -1.91. The van der Waals surface area contributed by atoms with Crippen LogP contribution in [0.4, 0.5) is 5.69 Å². The van der Waals surface area contributed by atoms with Gasteiger partial charge in [0, 0.05) is 0 Å². The van der Waals surface area contributed by atoms with Crippen LogP contribution in [-0.2, 0) is 6.54 Å². The minimum absolute atomic E-state index is 0.619. The molecule has 0 unspecified atom stereocenters. The van der Waals surface area contributed by atoms with Gasteiger partial charge in [-0.1, -0.05) is 6.07 Å². The first-order valence-corrected chi connectivity index (χ1v) is 4.10. The van der Waals surface area contributed by atoms with Crippen molar-refractivity contribution in [1.82, 2.24) is 10.3 Å². The van der Waals surface area contributed by atoms with Gasteiger partial charge in [-0.15, -0.1) is 0 Å². The molecule has 0 aliphatic rings. The summed E-state index contributed by atoms with van der Waals surface area (Å²) < 4.78 is 5.44. The minimum atomic E-state index is 0.619. The van der Waals surface area contributed by atoms with Gasteiger partial charge in [0.05, 0.1) is 12.2 Å². The van der Waals surface area contributed by atoms with Crippen LogP contribution >= 0.6 is 0 Å². The first kappa shape index (κ1) is 8.07. The summed E-state index contributed by atoms with van der Waals surface area (Å²) in [5.41, 5.74) is 7.83. The Morgan fingerprint density at radius 2 is 2.38 bits per heavy atom. The summed E-state index contributed by atoms with van der Waals surface area (Å²) in [5.74, 6) is 0.662. The van der Waals surface area contributed by atoms with Crippen molar-refractivity contribution in [2.45, 2.75) is 6.54 Å². The van der Waals surface area contributed by atoms with E-state index < -0.39 is 0 Å². The molecule has 2 aromatic rings. The molecule has 0 spiro atoms. The summed E-state index contributed by atoms with van der Waals surface area (Å²) in [6.45, 7) is 0.619. The number of rotatable bonds is 2. The molecule has 1 aromatic carbocycles. The van der Waals surface area contributed by atoms with Gasteiger partial charge in [0.15, 0.2) is 5.58 Å². The quantitative estimate of drug-likeness (QED) is 0.675. The third-order valence-corrected chi connectivity index (χ3v) is 1.82. The number of nitrogens with one attached hydrogen (secondary N) is 1. The fraction of sp³-hybridized carbons (Fsp3) is 0.222. The fourth-order valence-corrected chi connectivity index (χ4v) is 1.24. The van der Waals surface area contributed by atoms with E-state index in [1.165, 1.54) is 0 Å². The molecule has 13 heavy (non-hydrogen) atoms. The average Bonchev–Trinajstić information content (AvgIpc) is 2.49. The van der Waals surface area contributed by atoms with Gasteiger partial charge in [-0.05, 0) is 19.2 Å². The first-order chi connectivity index (χ1) is 6.31. The third kappa shape index (κ3) is 1.36. The van der Waals surface area contributed by atoms with Crippen LogP contribution in [0.3, 0.4) is 0 Å². The van der Waals surface area contributed by atoms with Gasteiger partial charge in [-0.2, -0.15) is 0 Å². The van der Waals surface area contributed by atoms with Crippen molar-refractivity contribution in [1.29, 1.82) is 0 Å². The van der Waals surface area contributed by atoms with Crippen molar-refractivity contribution >= 4 is 16.8 Å². The van der Waals surface area contributed by atoms with Gasteiger partial charge in [0.2, 0.25) is 5.89 Å². The Balaban J connectivity index is 2.55. The van der Waals surface area contributed by atoms with E-state index in [4.69, 9.17) is 10.2 Å². The average molecular weight is 177 g/mol. The molecule has 0 bridgehead atoms. The van der Waals surface area contributed by atoms with E-state index in [-0.39, 0.29) is 0 Å². The molecular formula is C9H11N3O. The molecule has 4 heteroatoms. The summed E-state index contributed by atoms with van der Waals surface area (Å²) >= 11 is 0. The molecule has 0 amide bonds. The number of nitrogens with two attached hydrogens (primary N) is 1. The second kappa shape index (κ2) is 3.06. The topological polar surface area (TPSA) is 64.1 Å². The highest BCUT2D eigenvalue weighted by Crippen LogP contribution is 2.21. The summed E-state index contributed by atoms with van der Waals surface area (Å²) in [6, 6.07) is 5.55. The van der Waals surface area contributed by atoms with Crippen molar-refractivity contribution in [3.8, 4) is 0 Å². The summed E-state index contributed by atoms with van der Waals surface area (Å²) in [4.78, 5) is 4.25. The number of fused-ring (bicyclic) bond motifs is 1. The highest BCUT2D eigenvalue weighted by molar-refractivity contribution is 5.84. The van der Waals surface area contributed by atoms with Crippen LogP contribution in [0.25, 0.3) is 11.1 Å². The highest BCUT2D eigenvalue weighted by atomic mass is 16.3. The van der Waals surface area contributed by atoms with Crippen LogP contribution in [0, 0.1) is 0 Å². The molecule has 1 aromatic heterocycles. The second-order valence-corrected chi connectivity index (χ2v) is 2.83. The Morgan fingerprint density at radius 3 is 3.08 bits per heavy atom. The summed E-state index contributed by atoms with van der Waals surface area (Å²) in [7, 11) is 1.85. The molecular weight excluding hydrogens is 166 g/mol. The van der Waals surface area contributed by atoms with Gasteiger partial charge in [-0.25, -0.2) is 4.98 Å². The molecule has 0 aliphatic heterocycles. The summed E-state index contributed by atoms with van der Waals surface area (Å²) in [5, 5.41) is 2.97. The maximum atomic E-state index is 5.71. The van der Waals surface area contributed by atoms with Crippen LogP contribution in [0.2, 0.25) is 0 Å². The third-order valence-electron chi connectivity index (χ3n) is 1.82. The van der Waals surface area contributed by atoms with Crippen molar-refractivity contribution < 1.29 is 4.42 Å². The fourth-order valence-electron chi connectivity index (χ4n) is 1.24. The Labute approximate surface area is 75.7 Å². The number of para-hydroxylation sites is 1. The van der Waals surface area contributed by atoms with E-state index in [2.05, 4.69) is 10.3 Å². The maximum Gasteiger partial charge on any atom is 0.209 e. The number of anilines is 1. The van der Waals surface area contributed by atoms with E-state index in [0.717, 1.165) is 5.52 Å². The Bertz CT molecular complexity index is 422. The molecule has 0 fully saturated rings. The number of hydrogen-bond donors (Lipinski definition) is 2. The first-order valence-electron chi connectivity index (χ1n) is 4.10. The number of benzene rings is 1. The minimum Gasteiger partial charge on any atom is -0.437 e. The van der Waals surface area contributed by atoms with E-state index in [0.29, 0.717) is 23.7 Å². The smallest absolute Gasteiger partial charge is 0.209 e. The SMILES string of the molecule is CNCc1nc2cccc(N)c2o1. The number of oxazole rings is 1. The lowest BCUT2D eigenvalue weighted by atomic mass is 10.3. The van der Waals surface area contributed by atoms with E-state index >= 15 is 0 Å². The number of nitrogens with zero attached hydrogens (tertiary/aromatic N) is 1. The van der Waals surface area contributed by atoms with Gasteiger partial charge in [-0.3, -0.25) is 0 Å². The predicted molar refractivity (Wildman–Crippen MR) is 51.2 cm³/mol. The molecule has 2 rings (SSSR count). The Hall–Kier alpha value is -1.55. The van der Waals surface area contributed by atoms with E-state index in [1.54, 1.807) is 6.07 Å². The van der Waals surface area contributed by atoms with E-state index in [9.17, 15) is 0 Å². The highest BCUT2D eigenvalue weighted by Gasteiger charge is 2.06. The molecule has 4 nitrogen and oxygen atoms in total. The van der Waals surface area contributed by atoms with Crippen LogP contribution in [0.15, 0.2) is 22.6 Å². The van der Waals surface area contributed by atoms with Gasteiger partial charge < -0.3 is 15.5 Å². The van der Waals surface area contributed by atoms with Crippen molar-refractivity contribution in [2.75, 3.05) is 12.8 Å². The molecule has 0 radical (unpaired) electrons. The Kier molecular flexibility index (Phi) is 1.90. The molecule has 68 valence electrons. The predicted octanol–water partition coefficient (Wildman–Crippen LogP) is 1.13. The van der Waals surface area contributed by atoms with Gasteiger partial charge >= 0.3 is 0 Å². The zero-order chi connectivity index (χ0) is 9.26. The van der Waals surface area contributed by atoms with Gasteiger partial charge in [0.25, 0.3) is 0 Å². The van der Waals surface area contributed by atoms with Crippen LogP contribution in [-0.4, -0.2) is 12.0 Å². The normalized spacial score (nSPS) is 10.8. The standard InChI is InChI=1S/C9H11N3O/c1-11-5-8-12-7-4-2-3-6(10)9(7)13-8/h2-4,11H,5,10H2,1H3. The monoisotopic (exact) mass is 177 g/mol. The number of nitrogen functional groups attached to an aromatic ring is 1. The lowest BCUT2D eigenvalue weighted by Crippen LogP contribution is -2.04. The molecule has 0 saturated heterocycles. The molecule has 0 saturated carbocycles. The molecule has 3 N–H and O–H groups in total.